The van der Waals surface area contributed by atoms with Gasteiger partial charge in [-0.1, -0.05) is 30.0 Å². The van der Waals surface area contributed by atoms with Crippen molar-refractivity contribution in [3.05, 3.63) is 64.7 Å². The molecule has 0 bridgehead atoms. The second-order valence-corrected chi connectivity index (χ2v) is 6.72. The molecule has 5 nitrogen and oxygen atoms in total. The van der Waals surface area contributed by atoms with Crippen LogP contribution in [0.3, 0.4) is 0 Å². The van der Waals surface area contributed by atoms with Gasteiger partial charge >= 0.3 is 6.61 Å². The minimum Gasteiger partial charge on any atom is -0.435 e. The monoisotopic (exact) mass is 415 g/mol. The number of nitrogens with zero attached hydrogens (tertiary/aromatic N) is 2. The Labute approximate surface area is 172 Å². The molecule has 1 heterocycles. The number of halogens is 3. The second kappa shape index (κ2) is 8.49. The fourth-order valence-electron chi connectivity index (χ4n) is 3.32. The third kappa shape index (κ3) is 3.83. The molecule has 8 heteroatoms. The number of guanidine groups is 1. The Balaban J connectivity index is 2.16. The molecule has 1 atom stereocenters. The molecule has 0 radical (unpaired) electrons. The Morgan fingerprint density at radius 2 is 1.97 bits per heavy atom. The van der Waals surface area contributed by atoms with Gasteiger partial charge in [-0.15, -0.1) is 0 Å². The van der Waals surface area contributed by atoms with Crippen LogP contribution in [0.4, 0.5) is 13.2 Å². The largest absolute Gasteiger partial charge is 0.435 e. The highest BCUT2D eigenvalue weighted by atomic mass is 19.3. The van der Waals surface area contributed by atoms with Crippen molar-refractivity contribution in [1.82, 2.24) is 4.90 Å². The van der Waals surface area contributed by atoms with Gasteiger partial charge in [-0.05, 0) is 47.9 Å². The number of benzene rings is 2. The summed E-state index contributed by atoms with van der Waals surface area (Å²) in [6.45, 7) is -1.91. The van der Waals surface area contributed by atoms with E-state index in [1.807, 2.05) is 0 Å². The number of rotatable bonds is 5. The third-order valence-electron chi connectivity index (χ3n) is 4.78. The lowest BCUT2D eigenvalue weighted by atomic mass is 9.81. The van der Waals surface area contributed by atoms with Gasteiger partial charge in [-0.2, -0.15) is 8.78 Å². The minimum absolute atomic E-state index is 0.00509. The van der Waals surface area contributed by atoms with Crippen molar-refractivity contribution >= 4 is 11.9 Å². The van der Waals surface area contributed by atoms with Crippen LogP contribution >= 0.6 is 0 Å². The summed E-state index contributed by atoms with van der Waals surface area (Å²) in [5, 5.41) is 0. The van der Waals surface area contributed by atoms with Gasteiger partial charge in [0.25, 0.3) is 5.91 Å². The fourth-order valence-corrected chi connectivity index (χ4v) is 3.32. The van der Waals surface area contributed by atoms with Crippen LogP contribution < -0.4 is 10.5 Å². The molecule has 0 unspecified atom stereocenters. The van der Waals surface area contributed by atoms with Gasteiger partial charge < -0.3 is 10.5 Å². The minimum atomic E-state index is -2.96. The predicted molar refractivity (Wildman–Crippen MR) is 107 cm³/mol. The molecule has 1 aliphatic heterocycles. The fraction of sp³-hybridized carbons (Fsp3) is 0.273. The topological polar surface area (TPSA) is 67.9 Å². The summed E-state index contributed by atoms with van der Waals surface area (Å²) < 4.78 is 42.1. The van der Waals surface area contributed by atoms with Crippen molar-refractivity contribution in [3.63, 3.8) is 0 Å². The highest BCUT2D eigenvalue weighted by Crippen LogP contribution is 2.41. The summed E-state index contributed by atoms with van der Waals surface area (Å²) in [5.41, 5.74) is 6.42. The number of amides is 1. The van der Waals surface area contributed by atoms with Crippen LogP contribution in [0, 0.1) is 18.8 Å². The zero-order chi connectivity index (χ0) is 21.9. The Hall–Kier alpha value is -3.47. The number of aryl methyl sites for hydroxylation is 1. The van der Waals surface area contributed by atoms with E-state index in [1.165, 1.54) is 24.1 Å². The molecule has 1 amide bonds. The number of hydrogen-bond acceptors (Lipinski definition) is 4. The molecule has 0 aromatic heterocycles. The summed E-state index contributed by atoms with van der Waals surface area (Å²) in [4.78, 5) is 19.0. The molecule has 0 aliphatic carbocycles. The van der Waals surface area contributed by atoms with E-state index >= 15 is 0 Å². The van der Waals surface area contributed by atoms with Gasteiger partial charge in [0.05, 0.1) is 0 Å². The lowest BCUT2D eigenvalue weighted by Crippen LogP contribution is -2.41. The first kappa shape index (κ1) is 21.2. The maximum Gasteiger partial charge on any atom is 0.387 e. The summed E-state index contributed by atoms with van der Waals surface area (Å²) in [6, 6.07) is 11.3. The van der Waals surface area contributed by atoms with E-state index in [2.05, 4.69) is 21.6 Å². The summed E-state index contributed by atoms with van der Waals surface area (Å²) >= 11 is 0. The van der Waals surface area contributed by atoms with Gasteiger partial charge in [0.1, 0.15) is 12.4 Å². The van der Waals surface area contributed by atoms with Gasteiger partial charge in [-0.3, -0.25) is 14.1 Å². The van der Waals surface area contributed by atoms with Crippen LogP contribution in [0.25, 0.3) is 0 Å². The zero-order valence-electron chi connectivity index (χ0n) is 16.5. The molecular formula is C22H20F3N3O2. The lowest BCUT2D eigenvalue weighted by molar-refractivity contribution is -0.129. The number of carbonyl (C=O) groups is 1. The smallest absolute Gasteiger partial charge is 0.387 e. The van der Waals surface area contributed by atoms with E-state index in [-0.39, 0.29) is 18.1 Å². The third-order valence-corrected chi connectivity index (χ3v) is 4.78. The first-order chi connectivity index (χ1) is 14.3. The molecule has 2 aromatic rings. The van der Waals surface area contributed by atoms with E-state index in [0.29, 0.717) is 22.3 Å². The molecule has 156 valence electrons. The number of nitrogens with two attached hydrogens (primary N) is 1. The Kier molecular flexibility index (Phi) is 6.01. The Bertz CT molecular complexity index is 1060. The van der Waals surface area contributed by atoms with Gasteiger partial charge in [0.15, 0.2) is 11.5 Å². The molecular weight excluding hydrogens is 395 g/mol. The van der Waals surface area contributed by atoms with Crippen molar-refractivity contribution in [2.45, 2.75) is 25.5 Å². The van der Waals surface area contributed by atoms with E-state index in [9.17, 15) is 18.0 Å². The number of aliphatic imine (C=N–C) groups is 1. The number of likely N-dealkylation sites (N-methyl/N-ethyl adjacent to an activating group) is 1. The Morgan fingerprint density at radius 1 is 1.23 bits per heavy atom. The van der Waals surface area contributed by atoms with Crippen LogP contribution in [0.15, 0.2) is 47.5 Å². The number of alkyl halides is 3. The van der Waals surface area contributed by atoms with Gasteiger partial charge in [0, 0.05) is 19.0 Å². The van der Waals surface area contributed by atoms with E-state index < -0.39 is 24.7 Å². The molecule has 2 aromatic carbocycles. The molecule has 0 saturated carbocycles. The van der Waals surface area contributed by atoms with Crippen molar-refractivity contribution in [1.29, 1.82) is 0 Å². The SMILES string of the molecule is Cc1cc([C@@]2(c3cccc(C#CCCF)c3)N=C(N)N(C)C2=O)ccc1OC(F)F. The van der Waals surface area contributed by atoms with Crippen molar-refractivity contribution < 1.29 is 22.7 Å². The molecule has 1 aliphatic rings. The molecule has 0 saturated heterocycles. The van der Waals surface area contributed by atoms with Crippen LogP contribution in [0.1, 0.15) is 28.7 Å². The first-order valence-corrected chi connectivity index (χ1v) is 9.14. The lowest BCUT2D eigenvalue weighted by Gasteiger charge is -2.27. The second-order valence-electron chi connectivity index (χ2n) is 6.72. The molecule has 2 N–H and O–H groups in total. The number of carbonyl (C=O) groups excluding carboxylic acids is 1. The maximum absolute atomic E-state index is 13.3. The number of ether oxygens (including phenoxy) is 1. The first-order valence-electron chi connectivity index (χ1n) is 9.14. The maximum atomic E-state index is 13.3. The molecule has 30 heavy (non-hydrogen) atoms. The zero-order valence-corrected chi connectivity index (χ0v) is 16.5. The van der Waals surface area contributed by atoms with E-state index in [4.69, 9.17) is 5.73 Å². The summed E-state index contributed by atoms with van der Waals surface area (Å²) in [6.07, 6.45) is 0.104. The average molecular weight is 415 g/mol. The van der Waals surface area contributed by atoms with Crippen LogP contribution in [-0.2, 0) is 10.3 Å². The van der Waals surface area contributed by atoms with E-state index in [0.717, 1.165) is 0 Å². The van der Waals surface area contributed by atoms with Crippen LogP contribution in [-0.4, -0.2) is 37.1 Å². The average Bonchev–Trinajstić information content (AvgIpc) is 2.94. The van der Waals surface area contributed by atoms with Gasteiger partial charge in [-0.25, -0.2) is 4.99 Å². The normalized spacial score (nSPS) is 18.3. The van der Waals surface area contributed by atoms with Crippen molar-refractivity contribution in [2.75, 3.05) is 13.7 Å². The van der Waals surface area contributed by atoms with Crippen molar-refractivity contribution in [2.24, 2.45) is 10.7 Å². The molecule has 0 spiro atoms. The van der Waals surface area contributed by atoms with Crippen molar-refractivity contribution in [3.8, 4) is 17.6 Å². The standard InChI is InChI=1S/C22H20F3N3O2/c1-14-12-17(9-10-18(14)30-20(24)25)22(19(29)28(2)21(26)27-22)16-8-5-7-15(13-16)6-3-4-11-23/h5,7-10,12-13,20H,4,11H2,1-2H3,(H2,26,27)/t22-/m1/s1. The Morgan fingerprint density at radius 3 is 2.57 bits per heavy atom. The highest BCUT2D eigenvalue weighted by molar-refractivity contribution is 6.09. The molecule has 3 rings (SSSR count). The van der Waals surface area contributed by atoms with Crippen LogP contribution in [0.5, 0.6) is 5.75 Å². The summed E-state index contributed by atoms with van der Waals surface area (Å²) in [7, 11) is 1.51. The van der Waals surface area contributed by atoms with Gasteiger partial charge in [0.2, 0.25) is 0 Å². The summed E-state index contributed by atoms with van der Waals surface area (Å²) in [5.74, 6) is 5.22. The molecule has 0 fully saturated rings. The quantitative estimate of drug-likeness (QED) is 0.762. The number of hydrogen-bond donors (Lipinski definition) is 1. The predicted octanol–water partition coefficient (Wildman–Crippen LogP) is 3.34. The highest BCUT2D eigenvalue weighted by Gasteiger charge is 2.49. The van der Waals surface area contributed by atoms with E-state index in [1.54, 1.807) is 37.3 Å². The van der Waals surface area contributed by atoms with Crippen LogP contribution in [0.2, 0.25) is 0 Å².